The molecule has 0 saturated heterocycles. The summed E-state index contributed by atoms with van der Waals surface area (Å²) in [6, 6.07) is 41.3. The standard InChI is InChI=1S/C39H27N3O/c1-4-14-26(15-5-1)29-20-10-11-21-30(29)31-24-25-33(35-32-22-12-13-23-34(32)43-36(31)35)39-41-37(27-16-6-2-7-17-27)40-38(42-39)28-18-8-3-9-19-28/h1-14,16-26H,15H2. The van der Waals surface area contributed by atoms with Gasteiger partial charge < -0.3 is 4.42 Å². The van der Waals surface area contributed by atoms with Gasteiger partial charge in [0.15, 0.2) is 17.5 Å². The Balaban J connectivity index is 1.39. The summed E-state index contributed by atoms with van der Waals surface area (Å²) in [7, 11) is 0. The van der Waals surface area contributed by atoms with Crippen molar-refractivity contribution in [1.82, 2.24) is 15.0 Å². The molecule has 1 aliphatic rings. The number of hydrogen-bond donors (Lipinski definition) is 0. The summed E-state index contributed by atoms with van der Waals surface area (Å²) < 4.78 is 6.67. The first-order valence-electron chi connectivity index (χ1n) is 14.6. The van der Waals surface area contributed by atoms with Crippen molar-refractivity contribution in [3.8, 4) is 45.3 Å². The van der Waals surface area contributed by atoms with E-state index in [9.17, 15) is 0 Å². The van der Waals surface area contributed by atoms with E-state index in [2.05, 4.69) is 72.8 Å². The summed E-state index contributed by atoms with van der Waals surface area (Å²) in [6.45, 7) is 0. The zero-order valence-corrected chi connectivity index (χ0v) is 23.4. The zero-order valence-electron chi connectivity index (χ0n) is 23.4. The molecule has 1 unspecified atom stereocenters. The van der Waals surface area contributed by atoms with Crippen LogP contribution in [0.25, 0.3) is 67.2 Å². The SMILES string of the molecule is C1=CCC(c2ccccc2-c2ccc(-c3nc(-c4ccccc4)nc(-c4ccccc4)n3)c3c2oc2ccccc23)C=C1. The van der Waals surface area contributed by atoms with E-state index in [1.807, 2.05) is 72.8 Å². The molecule has 5 aromatic carbocycles. The first-order chi connectivity index (χ1) is 21.3. The zero-order chi connectivity index (χ0) is 28.6. The Bertz CT molecular complexity index is 2100. The van der Waals surface area contributed by atoms with Crippen molar-refractivity contribution in [2.45, 2.75) is 12.3 Å². The lowest BCUT2D eigenvalue weighted by atomic mass is 9.86. The molecular formula is C39H27N3O. The number of furan rings is 1. The van der Waals surface area contributed by atoms with Gasteiger partial charge in [-0.2, -0.15) is 0 Å². The fourth-order valence-corrected chi connectivity index (χ4v) is 6.03. The van der Waals surface area contributed by atoms with Crippen molar-refractivity contribution in [1.29, 1.82) is 0 Å². The summed E-state index contributed by atoms with van der Waals surface area (Å²) >= 11 is 0. The summed E-state index contributed by atoms with van der Waals surface area (Å²) in [5, 5.41) is 2.04. The molecule has 204 valence electrons. The van der Waals surface area contributed by atoms with Gasteiger partial charge in [0.2, 0.25) is 0 Å². The summed E-state index contributed by atoms with van der Waals surface area (Å²) in [4.78, 5) is 15.0. The van der Waals surface area contributed by atoms with Crippen LogP contribution in [-0.4, -0.2) is 15.0 Å². The van der Waals surface area contributed by atoms with E-state index < -0.39 is 0 Å². The first-order valence-corrected chi connectivity index (χ1v) is 14.6. The molecule has 0 radical (unpaired) electrons. The molecule has 0 N–H and O–H groups in total. The lowest BCUT2D eigenvalue weighted by molar-refractivity contribution is 0.670. The molecule has 0 bridgehead atoms. The predicted molar refractivity (Wildman–Crippen MR) is 174 cm³/mol. The summed E-state index contributed by atoms with van der Waals surface area (Å²) in [6.07, 6.45) is 9.75. The Hall–Kier alpha value is -5.61. The van der Waals surface area contributed by atoms with Crippen LogP contribution in [0.1, 0.15) is 17.9 Å². The second-order valence-corrected chi connectivity index (χ2v) is 10.7. The van der Waals surface area contributed by atoms with Gasteiger partial charge in [-0.3, -0.25) is 0 Å². The Kier molecular flexibility index (Phi) is 6.23. The lowest BCUT2D eigenvalue weighted by Crippen LogP contribution is -2.01. The molecule has 8 rings (SSSR count). The van der Waals surface area contributed by atoms with Crippen molar-refractivity contribution < 1.29 is 4.42 Å². The maximum atomic E-state index is 6.67. The Morgan fingerprint density at radius 1 is 0.535 bits per heavy atom. The quantitative estimate of drug-likeness (QED) is 0.213. The number of allylic oxidation sites excluding steroid dienone is 4. The van der Waals surface area contributed by atoms with Crippen LogP contribution in [0.4, 0.5) is 0 Å². The third-order valence-corrected chi connectivity index (χ3v) is 8.10. The van der Waals surface area contributed by atoms with Crippen LogP contribution in [0.2, 0.25) is 0 Å². The van der Waals surface area contributed by atoms with E-state index in [4.69, 9.17) is 19.4 Å². The van der Waals surface area contributed by atoms with Gasteiger partial charge in [0.25, 0.3) is 0 Å². The van der Waals surface area contributed by atoms with Crippen molar-refractivity contribution in [3.05, 3.63) is 151 Å². The van der Waals surface area contributed by atoms with Gasteiger partial charge in [0, 0.05) is 38.9 Å². The minimum Gasteiger partial charge on any atom is -0.455 e. The fraction of sp³-hybridized carbons (Fsp3) is 0.0513. The van der Waals surface area contributed by atoms with E-state index in [1.54, 1.807) is 0 Å². The molecule has 1 aliphatic carbocycles. The topological polar surface area (TPSA) is 51.8 Å². The minimum absolute atomic E-state index is 0.311. The molecule has 0 spiro atoms. The predicted octanol–water partition coefficient (Wildman–Crippen LogP) is 10.0. The van der Waals surface area contributed by atoms with E-state index in [0.717, 1.165) is 50.6 Å². The average Bonchev–Trinajstić information content (AvgIpc) is 3.49. The average molecular weight is 554 g/mol. The van der Waals surface area contributed by atoms with Gasteiger partial charge in [-0.25, -0.2) is 15.0 Å². The highest BCUT2D eigenvalue weighted by atomic mass is 16.3. The molecule has 2 aromatic heterocycles. The summed E-state index contributed by atoms with van der Waals surface area (Å²) in [5.41, 5.74) is 8.00. The smallest absolute Gasteiger partial charge is 0.164 e. The van der Waals surface area contributed by atoms with Crippen LogP contribution in [0, 0.1) is 0 Å². The molecule has 0 fully saturated rings. The van der Waals surface area contributed by atoms with E-state index >= 15 is 0 Å². The number of aromatic nitrogens is 3. The Morgan fingerprint density at radius 2 is 1.16 bits per heavy atom. The van der Waals surface area contributed by atoms with E-state index in [1.165, 1.54) is 11.1 Å². The molecule has 0 aliphatic heterocycles. The van der Waals surface area contributed by atoms with Gasteiger partial charge in [0.05, 0.1) is 0 Å². The third kappa shape index (κ3) is 4.54. The van der Waals surface area contributed by atoms with Crippen molar-refractivity contribution in [3.63, 3.8) is 0 Å². The highest BCUT2D eigenvalue weighted by molar-refractivity contribution is 6.16. The maximum absolute atomic E-state index is 6.67. The number of rotatable bonds is 5. The van der Waals surface area contributed by atoms with Gasteiger partial charge in [-0.05, 0) is 35.7 Å². The largest absolute Gasteiger partial charge is 0.455 e. The van der Waals surface area contributed by atoms with Crippen molar-refractivity contribution in [2.75, 3.05) is 0 Å². The van der Waals surface area contributed by atoms with E-state index in [-0.39, 0.29) is 0 Å². The monoisotopic (exact) mass is 553 g/mol. The van der Waals surface area contributed by atoms with Gasteiger partial charge >= 0.3 is 0 Å². The van der Waals surface area contributed by atoms with Crippen LogP contribution in [0.3, 0.4) is 0 Å². The normalized spacial score (nSPS) is 14.5. The van der Waals surface area contributed by atoms with Crippen LogP contribution in [-0.2, 0) is 0 Å². The first kappa shape index (κ1) is 25.1. The Morgan fingerprint density at radius 3 is 1.88 bits per heavy atom. The van der Waals surface area contributed by atoms with Crippen LogP contribution >= 0.6 is 0 Å². The molecule has 0 amide bonds. The molecular weight excluding hydrogens is 526 g/mol. The van der Waals surface area contributed by atoms with Crippen molar-refractivity contribution >= 4 is 21.9 Å². The van der Waals surface area contributed by atoms with Crippen LogP contribution < -0.4 is 0 Å². The highest BCUT2D eigenvalue weighted by Crippen LogP contribution is 2.43. The number of fused-ring (bicyclic) bond motifs is 3. The molecule has 2 heterocycles. The Labute approximate surface area is 249 Å². The lowest BCUT2D eigenvalue weighted by Gasteiger charge is -2.18. The maximum Gasteiger partial charge on any atom is 0.164 e. The van der Waals surface area contributed by atoms with Crippen molar-refractivity contribution in [2.24, 2.45) is 0 Å². The second kappa shape index (κ2) is 10.7. The highest BCUT2D eigenvalue weighted by Gasteiger charge is 2.22. The molecule has 4 nitrogen and oxygen atoms in total. The van der Waals surface area contributed by atoms with Gasteiger partial charge in [-0.15, -0.1) is 0 Å². The number of para-hydroxylation sites is 1. The van der Waals surface area contributed by atoms with Crippen LogP contribution in [0.15, 0.2) is 150 Å². The summed E-state index contributed by atoms with van der Waals surface area (Å²) in [5.74, 6) is 2.20. The van der Waals surface area contributed by atoms with E-state index in [0.29, 0.717) is 23.4 Å². The number of nitrogens with zero attached hydrogens (tertiary/aromatic N) is 3. The molecule has 7 aromatic rings. The minimum atomic E-state index is 0.311. The third-order valence-electron chi connectivity index (χ3n) is 8.10. The van der Waals surface area contributed by atoms with Crippen LogP contribution in [0.5, 0.6) is 0 Å². The van der Waals surface area contributed by atoms with Gasteiger partial charge in [0.1, 0.15) is 11.2 Å². The fourth-order valence-electron chi connectivity index (χ4n) is 6.03. The second-order valence-electron chi connectivity index (χ2n) is 10.7. The number of benzene rings is 5. The molecule has 43 heavy (non-hydrogen) atoms. The molecule has 1 atom stereocenters. The van der Waals surface area contributed by atoms with Gasteiger partial charge in [-0.1, -0.05) is 127 Å². The number of hydrogen-bond acceptors (Lipinski definition) is 4. The molecule has 0 saturated carbocycles. The molecule has 4 heteroatoms.